The second-order valence-electron chi connectivity index (χ2n) is 3.56. The molecule has 1 rings (SSSR count). The van der Waals surface area contributed by atoms with Crippen molar-refractivity contribution in [3.63, 3.8) is 0 Å². The number of nitrogens with zero attached hydrogens (tertiary/aromatic N) is 3. The summed E-state index contributed by atoms with van der Waals surface area (Å²) in [4.78, 5) is 10.8. The minimum atomic E-state index is 0.699. The number of halogens is 1. The first-order chi connectivity index (χ1) is 7.06. The van der Waals surface area contributed by atoms with E-state index in [0.29, 0.717) is 6.54 Å². The van der Waals surface area contributed by atoms with Crippen LogP contribution in [0.25, 0.3) is 0 Å². The van der Waals surface area contributed by atoms with Gasteiger partial charge in [0, 0.05) is 13.6 Å². The highest BCUT2D eigenvalue weighted by molar-refractivity contribution is 9.10. The van der Waals surface area contributed by atoms with Crippen LogP contribution in [0.3, 0.4) is 0 Å². The first-order valence-electron chi connectivity index (χ1n) is 4.98. The Labute approximate surface area is 99.0 Å². The summed E-state index contributed by atoms with van der Waals surface area (Å²) in [5, 5.41) is 0. The Balaban J connectivity index is 2.92. The summed E-state index contributed by atoms with van der Waals surface area (Å²) in [5.74, 6) is 1.73. The van der Waals surface area contributed by atoms with Crippen LogP contribution in [0.1, 0.15) is 17.9 Å². The van der Waals surface area contributed by atoms with Crippen molar-refractivity contribution in [1.82, 2.24) is 9.97 Å². The van der Waals surface area contributed by atoms with Crippen LogP contribution in [0.4, 0.5) is 5.82 Å². The second-order valence-corrected chi connectivity index (χ2v) is 4.35. The molecule has 0 aromatic carbocycles. The smallest absolute Gasteiger partial charge is 0.146 e. The van der Waals surface area contributed by atoms with Crippen molar-refractivity contribution in [1.29, 1.82) is 0 Å². The molecule has 1 aromatic rings. The zero-order chi connectivity index (χ0) is 11.4. The van der Waals surface area contributed by atoms with E-state index in [2.05, 4.69) is 30.8 Å². The molecule has 0 saturated heterocycles. The number of hydrogen-bond acceptors (Lipinski definition) is 4. The van der Waals surface area contributed by atoms with E-state index >= 15 is 0 Å². The van der Waals surface area contributed by atoms with Crippen LogP contribution < -0.4 is 10.6 Å². The molecule has 84 valence electrons. The Morgan fingerprint density at radius 1 is 1.33 bits per heavy atom. The fraction of sp³-hybridized carbons (Fsp3) is 0.600. The predicted molar refractivity (Wildman–Crippen MR) is 66.1 cm³/mol. The molecule has 0 aliphatic carbocycles. The molecule has 2 N–H and O–H groups in total. The molecule has 0 aliphatic rings. The first-order valence-corrected chi connectivity index (χ1v) is 5.77. The molecule has 15 heavy (non-hydrogen) atoms. The third kappa shape index (κ3) is 3.14. The molecule has 0 saturated carbocycles. The van der Waals surface area contributed by atoms with Gasteiger partial charge in [-0.15, -0.1) is 0 Å². The minimum absolute atomic E-state index is 0.699. The average molecular weight is 273 g/mol. The fourth-order valence-corrected chi connectivity index (χ4v) is 1.85. The van der Waals surface area contributed by atoms with E-state index in [9.17, 15) is 0 Å². The summed E-state index contributed by atoms with van der Waals surface area (Å²) in [7, 11) is 2.02. The molecule has 0 aliphatic heterocycles. The van der Waals surface area contributed by atoms with Crippen molar-refractivity contribution >= 4 is 21.7 Å². The van der Waals surface area contributed by atoms with Crippen LogP contribution in [0, 0.1) is 13.8 Å². The van der Waals surface area contributed by atoms with Gasteiger partial charge in [0.1, 0.15) is 11.6 Å². The van der Waals surface area contributed by atoms with Gasteiger partial charge in [-0.25, -0.2) is 9.97 Å². The van der Waals surface area contributed by atoms with Gasteiger partial charge in [-0.1, -0.05) is 0 Å². The van der Waals surface area contributed by atoms with E-state index in [1.165, 1.54) is 0 Å². The van der Waals surface area contributed by atoms with Gasteiger partial charge in [0.2, 0.25) is 0 Å². The van der Waals surface area contributed by atoms with Gasteiger partial charge in [-0.05, 0) is 42.7 Å². The van der Waals surface area contributed by atoms with Crippen LogP contribution >= 0.6 is 15.9 Å². The first kappa shape index (κ1) is 12.4. The SMILES string of the molecule is Cc1nc(C)c(Br)c(N(C)CCCN)n1. The van der Waals surface area contributed by atoms with Gasteiger partial charge in [-0.3, -0.25) is 0 Å². The lowest BCUT2D eigenvalue weighted by Crippen LogP contribution is -2.23. The molecular weight excluding hydrogens is 256 g/mol. The highest BCUT2D eigenvalue weighted by atomic mass is 79.9. The molecule has 0 atom stereocenters. The maximum atomic E-state index is 5.48. The van der Waals surface area contributed by atoms with Crippen molar-refractivity contribution in [2.45, 2.75) is 20.3 Å². The molecule has 0 fully saturated rings. The van der Waals surface area contributed by atoms with Gasteiger partial charge in [0.15, 0.2) is 0 Å². The molecule has 0 spiro atoms. The predicted octanol–water partition coefficient (Wildman–Crippen LogP) is 1.64. The second kappa shape index (κ2) is 5.42. The molecule has 0 bridgehead atoms. The van der Waals surface area contributed by atoms with E-state index in [-0.39, 0.29) is 0 Å². The lowest BCUT2D eigenvalue weighted by molar-refractivity contribution is 0.778. The monoisotopic (exact) mass is 272 g/mol. The molecule has 1 heterocycles. The Morgan fingerprint density at radius 3 is 2.60 bits per heavy atom. The Hall–Kier alpha value is -0.680. The number of aryl methyl sites for hydroxylation is 2. The van der Waals surface area contributed by atoms with Crippen molar-refractivity contribution in [3.05, 3.63) is 16.0 Å². The molecule has 0 radical (unpaired) electrons. The Bertz CT molecular complexity index is 340. The number of rotatable bonds is 4. The molecule has 4 nitrogen and oxygen atoms in total. The van der Waals surface area contributed by atoms with Gasteiger partial charge in [-0.2, -0.15) is 0 Å². The van der Waals surface area contributed by atoms with E-state index in [1.54, 1.807) is 0 Å². The van der Waals surface area contributed by atoms with Crippen molar-refractivity contribution in [3.8, 4) is 0 Å². The van der Waals surface area contributed by atoms with Gasteiger partial charge < -0.3 is 10.6 Å². The van der Waals surface area contributed by atoms with E-state index < -0.39 is 0 Å². The van der Waals surface area contributed by atoms with Crippen LogP contribution in [0.5, 0.6) is 0 Å². The highest BCUT2D eigenvalue weighted by Crippen LogP contribution is 2.25. The fourth-order valence-electron chi connectivity index (χ4n) is 1.37. The summed E-state index contributed by atoms with van der Waals surface area (Å²) in [5.41, 5.74) is 6.45. The topological polar surface area (TPSA) is 55.0 Å². The molecular formula is C10H17BrN4. The van der Waals surface area contributed by atoms with Crippen molar-refractivity contribution in [2.24, 2.45) is 5.73 Å². The summed E-state index contributed by atoms with van der Waals surface area (Å²) in [6.07, 6.45) is 0.963. The number of hydrogen-bond donors (Lipinski definition) is 1. The van der Waals surface area contributed by atoms with E-state index in [4.69, 9.17) is 5.73 Å². The van der Waals surface area contributed by atoms with E-state index in [1.807, 2.05) is 20.9 Å². The van der Waals surface area contributed by atoms with Crippen molar-refractivity contribution < 1.29 is 0 Å². The summed E-state index contributed by atoms with van der Waals surface area (Å²) < 4.78 is 0.965. The molecule has 0 amide bonds. The standard InChI is InChI=1S/C10H17BrN4/c1-7-9(11)10(14-8(2)13-7)15(3)6-4-5-12/h4-6,12H2,1-3H3. The lowest BCUT2D eigenvalue weighted by Gasteiger charge is -2.20. The highest BCUT2D eigenvalue weighted by Gasteiger charge is 2.11. The summed E-state index contributed by atoms with van der Waals surface area (Å²) in [6.45, 7) is 5.48. The maximum Gasteiger partial charge on any atom is 0.146 e. The lowest BCUT2D eigenvalue weighted by atomic mass is 10.3. The molecule has 0 unspecified atom stereocenters. The van der Waals surface area contributed by atoms with Crippen molar-refractivity contribution in [2.75, 3.05) is 25.0 Å². The molecule has 1 aromatic heterocycles. The van der Waals surface area contributed by atoms with E-state index in [0.717, 1.165) is 34.8 Å². The van der Waals surface area contributed by atoms with Crippen LogP contribution in [-0.2, 0) is 0 Å². The quantitative estimate of drug-likeness (QED) is 0.906. The summed E-state index contributed by atoms with van der Waals surface area (Å²) >= 11 is 3.51. The van der Waals surface area contributed by atoms with Crippen LogP contribution in [0.15, 0.2) is 4.47 Å². The Morgan fingerprint density at radius 2 is 2.00 bits per heavy atom. The zero-order valence-electron chi connectivity index (χ0n) is 9.42. The number of nitrogens with two attached hydrogens (primary N) is 1. The third-order valence-electron chi connectivity index (χ3n) is 2.17. The van der Waals surface area contributed by atoms with Crippen LogP contribution in [-0.4, -0.2) is 30.1 Å². The number of anilines is 1. The largest absolute Gasteiger partial charge is 0.359 e. The average Bonchev–Trinajstić information content (AvgIpc) is 2.19. The Kier molecular flexibility index (Phi) is 4.47. The van der Waals surface area contributed by atoms with Gasteiger partial charge in [0.05, 0.1) is 10.2 Å². The molecule has 5 heteroatoms. The normalized spacial score (nSPS) is 10.5. The minimum Gasteiger partial charge on any atom is -0.359 e. The van der Waals surface area contributed by atoms with Gasteiger partial charge in [0.25, 0.3) is 0 Å². The zero-order valence-corrected chi connectivity index (χ0v) is 11.0. The number of aromatic nitrogens is 2. The van der Waals surface area contributed by atoms with Gasteiger partial charge >= 0.3 is 0 Å². The maximum absolute atomic E-state index is 5.48. The van der Waals surface area contributed by atoms with Crippen LogP contribution in [0.2, 0.25) is 0 Å². The third-order valence-corrected chi connectivity index (χ3v) is 3.10. The summed E-state index contributed by atoms with van der Waals surface area (Å²) in [6, 6.07) is 0.